The first-order chi connectivity index (χ1) is 17.7. The molecule has 3 N–H and O–H groups in total. The average molecular weight is 517 g/mol. The van der Waals surface area contributed by atoms with Crippen molar-refractivity contribution in [3.05, 3.63) is 71.3 Å². The maximum Gasteiger partial charge on any atom is 0.417 e. The lowest BCUT2D eigenvalue weighted by atomic mass is 9.82. The predicted molar refractivity (Wildman–Crippen MR) is 131 cm³/mol. The predicted octanol–water partition coefficient (Wildman–Crippen LogP) is 3.36. The minimum absolute atomic E-state index is 0.0854. The third-order valence-electron chi connectivity index (χ3n) is 7.30. The third-order valence-corrected chi connectivity index (χ3v) is 7.30. The summed E-state index contributed by atoms with van der Waals surface area (Å²) in [6.07, 6.45) is -1.33. The Balaban J connectivity index is 1.42. The molecule has 0 unspecified atom stereocenters. The van der Waals surface area contributed by atoms with Gasteiger partial charge in [0.2, 0.25) is 11.8 Å². The normalized spacial score (nSPS) is 21.8. The fourth-order valence-electron chi connectivity index (χ4n) is 5.41. The summed E-state index contributed by atoms with van der Waals surface area (Å²) in [6.45, 7) is 1.44. The molecule has 0 spiro atoms. The maximum atomic E-state index is 13.4. The lowest BCUT2D eigenvalue weighted by molar-refractivity contribution is -0.138. The number of carbonyl (C=O) groups is 3. The summed E-state index contributed by atoms with van der Waals surface area (Å²) in [5.41, 5.74) is 4.91. The van der Waals surface area contributed by atoms with Crippen LogP contribution in [0.3, 0.4) is 0 Å². The smallest absolute Gasteiger partial charge is 0.368 e. The lowest BCUT2D eigenvalue weighted by Gasteiger charge is -2.44. The summed E-state index contributed by atoms with van der Waals surface area (Å²) in [4.78, 5) is 41.9. The van der Waals surface area contributed by atoms with Crippen LogP contribution >= 0.6 is 0 Å². The van der Waals surface area contributed by atoms with Crippen LogP contribution in [0.4, 0.5) is 13.2 Å². The van der Waals surface area contributed by atoms with Gasteiger partial charge in [-0.2, -0.15) is 13.2 Å². The molecule has 2 aliphatic rings. The highest BCUT2D eigenvalue weighted by Crippen LogP contribution is 2.33. The minimum Gasteiger partial charge on any atom is -0.368 e. The van der Waals surface area contributed by atoms with Gasteiger partial charge in [0.1, 0.15) is 6.04 Å². The Kier molecular flexibility index (Phi) is 8.16. The Morgan fingerprint density at radius 3 is 2.16 bits per heavy atom. The van der Waals surface area contributed by atoms with Crippen molar-refractivity contribution in [1.82, 2.24) is 15.1 Å². The quantitative estimate of drug-likeness (QED) is 0.616. The van der Waals surface area contributed by atoms with E-state index in [-0.39, 0.29) is 36.5 Å². The molecule has 0 aromatic heterocycles. The van der Waals surface area contributed by atoms with Gasteiger partial charge in [0.15, 0.2) is 0 Å². The number of halogens is 3. The molecule has 7 nitrogen and oxygen atoms in total. The van der Waals surface area contributed by atoms with Gasteiger partial charge < -0.3 is 16.0 Å². The Hall–Kier alpha value is -3.40. The third kappa shape index (κ3) is 6.12. The van der Waals surface area contributed by atoms with Gasteiger partial charge in [0.25, 0.3) is 5.91 Å². The number of hydrogen-bond acceptors (Lipinski definition) is 4. The van der Waals surface area contributed by atoms with Crippen LogP contribution in [0.15, 0.2) is 54.6 Å². The molecule has 1 aliphatic carbocycles. The molecule has 2 fully saturated rings. The molecule has 0 bridgehead atoms. The van der Waals surface area contributed by atoms with Crippen LogP contribution in [0, 0.1) is 5.92 Å². The molecular weight excluding hydrogens is 485 g/mol. The summed E-state index contributed by atoms with van der Waals surface area (Å²) in [6, 6.07) is 12.6. The van der Waals surface area contributed by atoms with Crippen LogP contribution in [0.5, 0.6) is 0 Å². The number of amides is 3. The topological polar surface area (TPSA) is 95.7 Å². The second kappa shape index (κ2) is 11.3. The van der Waals surface area contributed by atoms with E-state index in [0.29, 0.717) is 25.1 Å². The van der Waals surface area contributed by atoms with Gasteiger partial charge in [-0.05, 0) is 30.5 Å². The van der Waals surface area contributed by atoms with Crippen LogP contribution in [0.25, 0.3) is 0 Å². The summed E-state index contributed by atoms with van der Waals surface area (Å²) >= 11 is 0. The van der Waals surface area contributed by atoms with E-state index in [1.807, 2.05) is 6.07 Å². The Bertz CT molecular complexity index is 1120. The Morgan fingerprint density at radius 2 is 1.51 bits per heavy atom. The summed E-state index contributed by atoms with van der Waals surface area (Å²) in [5, 5.41) is 2.83. The van der Waals surface area contributed by atoms with Crippen molar-refractivity contribution in [3.63, 3.8) is 0 Å². The van der Waals surface area contributed by atoms with Crippen LogP contribution in [0.2, 0.25) is 0 Å². The average Bonchev–Trinajstić information content (AvgIpc) is 2.91. The molecule has 2 aromatic carbocycles. The zero-order valence-corrected chi connectivity index (χ0v) is 20.4. The molecule has 1 saturated heterocycles. The van der Waals surface area contributed by atoms with Gasteiger partial charge in [-0.15, -0.1) is 0 Å². The SMILES string of the molecule is NC(=O)[C@@H](NC(=O)[C@@H]1CCCC[C@H]1N1CCN(C(=O)c2ccccc2C(F)(F)F)CC1)c1ccccc1. The number of nitrogens with two attached hydrogens (primary N) is 1. The molecule has 37 heavy (non-hydrogen) atoms. The van der Waals surface area contributed by atoms with Crippen LogP contribution in [-0.2, 0) is 15.8 Å². The van der Waals surface area contributed by atoms with E-state index in [2.05, 4.69) is 10.2 Å². The van der Waals surface area contributed by atoms with Gasteiger partial charge in [-0.3, -0.25) is 19.3 Å². The lowest BCUT2D eigenvalue weighted by Crippen LogP contribution is -2.56. The number of rotatable bonds is 6. The molecule has 0 radical (unpaired) electrons. The fourth-order valence-corrected chi connectivity index (χ4v) is 5.41. The van der Waals surface area contributed by atoms with E-state index in [1.54, 1.807) is 24.3 Å². The van der Waals surface area contributed by atoms with E-state index < -0.39 is 29.6 Å². The zero-order chi connectivity index (χ0) is 26.6. The van der Waals surface area contributed by atoms with Gasteiger partial charge >= 0.3 is 6.18 Å². The summed E-state index contributed by atoms with van der Waals surface area (Å²) in [7, 11) is 0. The number of carbonyl (C=O) groups excluding carboxylic acids is 3. The van der Waals surface area contributed by atoms with Gasteiger partial charge in [-0.1, -0.05) is 55.3 Å². The standard InChI is InChI=1S/C27H31F3N4O3/c28-27(29,30)21-12-6-4-10-19(21)26(37)34-16-14-33(15-17-34)22-13-7-5-11-20(22)25(36)32-23(24(31)35)18-8-2-1-3-9-18/h1-4,6,8-10,12,20,22-23H,5,7,11,13-17H2,(H2,31,35)(H,32,36)/t20-,22-,23+/m1/s1. The number of hydrogen-bond donors (Lipinski definition) is 2. The Morgan fingerprint density at radius 1 is 0.892 bits per heavy atom. The first-order valence-corrected chi connectivity index (χ1v) is 12.5. The van der Waals surface area contributed by atoms with Crippen molar-refractivity contribution in [1.29, 1.82) is 0 Å². The number of primary amides is 1. The summed E-state index contributed by atoms with van der Waals surface area (Å²) in [5.74, 6) is -1.88. The monoisotopic (exact) mass is 516 g/mol. The molecule has 1 saturated carbocycles. The van der Waals surface area contributed by atoms with Crippen molar-refractivity contribution in [2.24, 2.45) is 11.7 Å². The van der Waals surface area contributed by atoms with Crippen molar-refractivity contribution in [2.75, 3.05) is 26.2 Å². The first kappa shape index (κ1) is 26.7. The highest BCUT2D eigenvalue weighted by molar-refractivity contribution is 5.96. The van der Waals surface area contributed by atoms with Gasteiger partial charge in [0, 0.05) is 32.2 Å². The number of benzene rings is 2. The van der Waals surface area contributed by atoms with Crippen molar-refractivity contribution in [3.8, 4) is 0 Å². The largest absolute Gasteiger partial charge is 0.417 e. The molecule has 1 heterocycles. The maximum absolute atomic E-state index is 13.4. The van der Waals surface area contributed by atoms with E-state index >= 15 is 0 Å². The molecule has 198 valence electrons. The second-order valence-corrected chi connectivity index (χ2v) is 9.58. The number of nitrogens with one attached hydrogen (secondary N) is 1. The summed E-state index contributed by atoms with van der Waals surface area (Å²) < 4.78 is 40.2. The van der Waals surface area contributed by atoms with Gasteiger partial charge in [-0.25, -0.2) is 0 Å². The van der Waals surface area contributed by atoms with E-state index in [9.17, 15) is 27.6 Å². The van der Waals surface area contributed by atoms with Crippen LogP contribution < -0.4 is 11.1 Å². The Labute approximate surface area is 213 Å². The van der Waals surface area contributed by atoms with E-state index in [4.69, 9.17) is 5.73 Å². The fraction of sp³-hybridized carbons (Fsp3) is 0.444. The van der Waals surface area contributed by atoms with E-state index in [0.717, 1.165) is 25.3 Å². The van der Waals surface area contributed by atoms with Crippen molar-refractivity contribution >= 4 is 17.7 Å². The van der Waals surface area contributed by atoms with Crippen LogP contribution in [0.1, 0.15) is 53.2 Å². The van der Waals surface area contributed by atoms with E-state index in [1.165, 1.54) is 23.1 Å². The van der Waals surface area contributed by atoms with Crippen LogP contribution in [-0.4, -0.2) is 59.7 Å². The number of alkyl halides is 3. The van der Waals surface area contributed by atoms with Crippen molar-refractivity contribution in [2.45, 2.75) is 43.9 Å². The molecular formula is C27H31F3N4O3. The number of nitrogens with zero attached hydrogens (tertiary/aromatic N) is 2. The molecule has 1 aliphatic heterocycles. The minimum atomic E-state index is -4.61. The highest BCUT2D eigenvalue weighted by Gasteiger charge is 2.39. The van der Waals surface area contributed by atoms with Gasteiger partial charge in [0.05, 0.1) is 17.0 Å². The molecule has 3 amide bonds. The number of piperazine rings is 1. The molecule has 3 atom stereocenters. The highest BCUT2D eigenvalue weighted by atomic mass is 19.4. The zero-order valence-electron chi connectivity index (χ0n) is 20.4. The van der Waals surface area contributed by atoms with Crippen molar-refractivity contribution < 1.29 is 27.6 Å². The second-order valence-electron chi connectivity index (χ2n) is 9.58. The molecule has 2 aromatic rings. The molecule has 10 heteroatoms. The first-order valence-electron chi connectivity index (χ1n) is 12.5. The molecule has 4 rings (SSSR count).